The first-order valence-corrected chi connectivity index (χ1v) is 9.07. The number of alkyl halides is 3. The SMILES string of the molecule is CN(C)c1ccc(NC(=O)c2ccnc(OCc3ccccc3)c2)c(C(F)(F)F)c1. The van der Waals surface area contributed by atoms with E-state index in [-0.39, 0.29) is 23.7 Å². The van der Waals surface area contributed by atoms with Gasteiger partial charge in [0.15, 0.2) is 0 Å². The van der Waals surface area contributed by atoms with Crippen LogP contribution in [0.1, 0.15) is 21.5 Å². The fourth-order valence-corrected chi connectivity index (χ4v) is 2.71. The third-order valence-corrected chi connectivity index (χ3v) is 4.30. The minimum atomic E-state index is -4.61. The fourth-order valence-electron chi connectivity index (χ4n) is 2.71. The van der Waals surface area contributed by atoms with Gasteiger partial charge in [0.2, 0.25) is 5.88 Å². The van der Waals surface area contributed by atoms with Gasteiger partial charge in [-0.25, -0.2) is 4.98 Å². The van der Waals surface area contributed by atoms with E-state index in [0.29, 0.717) is 5.69 Å². The third kappa shape index (κ3) is 5.28. The van der Waals surface area contributed by atoms with Crippen LogP contribution in [0.4, 0.5) is 24.5 Å². The summed E-state index contributed by atoms with van der Waals surface area (Å²) in [5.74, 6) is -0.490. The third-order valence-electron chi connectivity index (χ3n) is 4.30. The normalized spacial score (nSPS) is 11.1. The number of benzene rings is 2. The molecule has 0 aliphatic heterocycles. The van der Waals surface area contributed by atoms with Gasteiger partial charge in [-0.15, -0.1) is 0 Å². The number of carbonyl (C=O) groups is 1. The number of hydrogen-bond acceptors (Lipinski definition) is 4. The Morgan fingerprint density at radius 1 is 1.07 bits per heavy atom. The number of carbonyl (C=O) groups excluding carboxylic acids is 1. The molecule has 0 saturated carbocycles. The standard InChI is InChI=1S/C22H20F3N3O2/c1-28(2)17-8-9-19(18(13-17)22(23,24)25)27-21(29)16-10-11-26-20(12-16)30-14-15-6-4-3-5-7-15/h3-13H,14H2,1-2H3,(H,27,29). The van der Waals surface area contributed by atoms with Gasteiger partial charge in [-0.1, -0.05) is 30.3 Å². The monoisotopic (exact) mass is 415 g/mol. The molecule has 30 heavy (non-hydrogen) atoms. The molecule has 1 N–H and O–H groups in total. The van der Waals surface area contributed by atoms with Gasteiger partial charge in [-0.3, -0.25) is 4.79 Å². The van der Waals surface area contributed by atoms with E-state index in [2.05, 4.69) is 10.3 Å². The van der Waals surface area contributed by atoms with Crippen molar-refractivity contribution < 1.29 is 22.7 Å². The van der Waals surface area contributed by atoms with E-state index in [1.165, 1.54) is 30.5 Å². The molecule has 1 aromatic heterocycles. The van der Waals surface area contributed by atoms with E-state index < -0.39 is 17.6 Å². The summed E-state index contributed by atoms with van der Waals surface area (Å²) in [4.78, 5) is 18.2. The Kier molecular flexibility index (Phi) is 6.25. The Morgan fingerprint density at radius 3 is 2.47 bits per heavy atom. The number of hydrogen-bond donors (Lipinski definition) is 1. The minimum Gasteiger partial charge on any atom is -0.473 e. The highest BCUT2D eigenvalue weighted by Gasteiger charge is 2.34. The molecule has 0 fully saturated rings. The summed E-state index contributed by atoms with van der Waals surface area (Å²) in [7, 11) is 3.28. The lowest BCUT2D eigenvalue weighted by Gasteiger charge is -2.18. The van der Waals surface area contributed by atoms with Crippen LogP contribution in [0.3, 0.4) is 0 Å². The van der Waals surface area contributed by atoms with Gasteiger partial charge in [0, 0.05) is 37.6 Å². The number of rotatable bonds is 6. The van der Waals surface area contributed by atoms with Crippen molar-refractivity contribution in [3.63, 3.8) is 0 Å². The highest BCUT2D eigenvalue weighted by molar-refractivity contribution is 6.05. The second-order valence-electron chi connectivity index (χ2n) is 6.73. The molecule has 0 aliphatic rings. The molecule has 0 spiro atoms. The zero-order valence-corrected chi connectivity index (χ0v) is 16.4. The van der Waals surface area contributed by atoms with Gasteiger partial charge >= 0.3 is 6.18 Å². The van der Waals surface area contributed by atoms with Crippen molar-refractivity contribution in [3.8, 4) is 5.88 Å². The van der Waals surface area contributed by atoms with E-state index in [9.17, 15) is 18.0 Å². The van der Waals surface area contributed by atoms with Crippen molar-refractivity contribution in [1.82, 2.24) is 4.98 Å². The first kappa shape index (κ1) is 21.2. The maximum atomic E-state index is 13.5. The van der Waals surface area contributed by atoms with Gasteiger partial charge in [0.05, 0.1) is 11.3 Å². The summed E-state index contributed by atoms with van der Waals surface area (Å²) in [5.41, 5.74) is 0.196. The lowest BCUT2D eigenvalue weighted by Crippen LogP contribution is -2.18. The van der Waals surface area contributed by atoms with Crippen LogP contribution in [-0.2, 0) is 12.8 Å². The zero-order chi connectivity index (χ0) is 21.7. The average molecular weight is 415 g/mol. The van der Waals surface area contributed by atoms with Gasteiger partial charge in [-0.2, -0.15) is 13.2 Å². The molecule has 0 bridgehead atoms. The van der Waals surface area contributed by atoms with E-state index in [1.54, 1.807) is 19.0 Å². The average Bonchev–Trinajstić information content (AvgIpc) is 2.72. The molecule has 5 nitrogen and oxygen atoms in total. The second-order valence-corrected chi connectivity index (χ2v) is 6.73. The minimum absolute atomic E-state index is 0.137. The Morgan fingerprint density at radius 2 is 1.80 bits per heavy atom. The number of ether oxygens (including phenoxy) is 1. The van der Waals surface area contributed by atoms with Crippen molar-refractivity contribution in [2.75, 3.05) is 24.3 Å². The fraction of sp³-hybridized carbons (Fsp3) is 0.182. The first-order chi connectivity index (χ1) is 14.2. The molecule has 8 heteroatoms. The van der Waals surface area contributed by atoms with Crippen LogP contribution in [0.15, 0.2) is 66.9 Å². The highest BCUT2D eigenvalue weighted by atomic mass is 19.4. The van der Waals surface area contributed by atoms with Crippen molar-refractivity contribution >= 4 is 17.3 Å². The number of amides is 1. The Hall–Kier alpha value is -3.55. The van der Waals surface area contributed by atoms with Crippen molar-refractivity contribution in [2.45, 2.75) is 12.8 Å². The van der Waals surface area contributed by atoms with E-state index >= 15 is 0 Å². The van der Waals surface area contributed by atoms with Crippen LogP contribution in [0.5, 0.6) is 5.88 Å². The summed E-state index contributed by atoms with van der Waals surface area (Å²) in [6.07, 6.45) is -3.24. The lowest BCUT2D eigenvalue weighted by molar-refractivity contribution is -0.136. The topological polar surface area (TPSA) is 54.5 Å². The number of nitrogens with zero attached hydrogens (tertiary/aromatic N) is 2. The number of anilines is 2. The number of aromatic nitrogens is 1. The molecule has 0 aliphatic carbocycles. The maximum Gasteiger partial charge on any atom is 0.418 e. The largest absolute Gasteiger partial charge is 0.473 e. The second kappa shape index (κ2) is 8.86. The summed E-state index contributed by atoms with van der Waals surface area (Å²) >= 11 is 0. The molecule has 3 aromatic rings. The summed E-state index contributed by atoms with van der Waals surface area (Å²) < 4.78 is 46.0. The smallest absolute Gasteiger partial charge is 0.418 e. The van der Waals surface area contributed by atoms with Crippen molar-refractivity contribution in [2.24, 2.45) is 0 Å². The molecular weight excluding hydrogens is 395 g/mol. The highest BCUT2D eigenvalue weighted by Crippen LogP contribution is 2.37. The molecule has 1 amide bonds. The molecule has 0 saturated heterocycles. The predicted octanol–water partition coefficient (Wildman–Crippen LogP) is 5.00. The van der Waals surface area contributed by atoms with Crippen LogP contribution < -0.4 is 15.0 Å². The van der Waals surface area contributed by atoms with E-state index in [0.717, 1.165) is 11.6 Å². The Bertz CT molecular complexity index is 1020. The molecule has 1 heterocycles. The Balaban J connectivity index is 1.78. The van der Waals surface area contributed by atoms with E-state index in [4.69, 9.17) is 4.74 Å². The van der Waals surface area contributed by atoms with Crippen LogP contribution in [0.2, 0.25) is 0 Å². The summed E-state index contributed by atoms with van der Waals surface area (Å²) in [5, 5.41) is 2.34. The maximum absolute atomic E-state index is 13.5. The molecule has 0 radical (unpaired) electrons. The Labute approximate surface area is 172 Å². The summed E-state index contributed by atoms with van der Waals surface area (Å²) in [6, 6.07) is 15.9. The predicted molar refractivity (Wildman–Crippen MR) is 109 cm³/mol. The van der Waals surface area contributed by atoms with E-state index in [1.807, 2.05) is 30.3 Å². The van der Waals surface area contributed by atoms with Crippen LogP contribution in [-0.4, -0.2) is 25.0 Å². The molecular formula is C22H20F3N3O2. The molecule has 156 valence electrons. The number of nitrogens with one attached hydrogen (secondary N) is 1. The van der Waals surface area contributed by atoms with Gasteiger partial charge in [-0.05, 0) is 29.8 Å². The van der Waals surface area contributed by atoms with Crippen LogP contribution >= 0.6 is 0 Å². The van der Waals surface area contributed by atoms with Gasteiger partial charge in [0.1, 0.15) is 6.61 Å². The zero-order valence-electron chi connectivity index (χ0n) is 16.4. The van der Waals surface area contributed by atoms with Crippen LogP contribution in [0.25, 0.3) is 0 Å². The van der Waals surface area contributed by atoms with Gasteiger partial charge in [0.25, 0.3) is 5.91 Å². The molecule has 0 unspecified atom stereocenters. The van der Waals surface area contributed by atoms with Crippen molar-refractivity contribution in [1.29, 1.82) is 0 Å². The number of halogens is 3. The van der Waals surface area contributed by atoms with Gasteiger partial charge < -0.3 is 15.0 Å². The van der Waals surface area contributed by atoms with Crippen LogP contribution in [0, 0.1) is 0 Å². The van der Waals surface area contributed by atoms with Crippen molar-refractivity contribution in [3.05, 3.63) is 83.6 Å². The summed E-state index contributed by atoms with van der Waals surface area (Å²) in [6.45, 7) is 0.253. The quantitative estimate of drug-likeness (QED) is 0.616. The lowest BCUT2D eigenvalue weighted by atomic mass is 10.1. The number of pyridine rings is 1. The molecule has 0 atom stereocenters. The first-order valence-electron chi connectivity index (χ1n) is 9.07. The molecule has 3 rings (SSSR count). The molecule has 2 aromatic carbocycles.